The second kappa shape index (κ2) is 4.74. The highest BCUT2D eigenvalue weighted by molar-refractivity contribution is 5.38. The molecule has 3 aliphatic rings. The molecule has 0 amide bonds. The molecule has 1 aromatic rings. The third-order valence-corrected chi connectivity index (χ3v) is 6.90. The number of phenolic OH excluding ortho intramolecular Hbond substituents is 1. The Bertz CT molecular complexity index is 552. The lowest BCUT2D eigenvalue weighted by Gasteiger charge is -2.37. The van der Waals surface area contributed by atoms with Gasteiger partial charge in [0.25, 0.3) is 0 Å². The molecule has 2 fully saturated rings. The normalized spacial score (nSPS) is 41.8. The molecule has 21 heavy (non-hydrogen) atoms. The number of benzene rings is 1. The summed E-state index contributed by atoms with van der Waals surface area (Å²) in [6.07, 6.45) is 8.05. The van der Waals surface area contributed by atoms with Gasteiger partial charge in [0.2, 0.25) is 0 Å². The van der Waals surface area contributed by atoms with Crippen molar-refractivity contribution in [3.63, 3.8) is 0 Å². The van der Waals surface area contributed by atoms with E-state index < -0.39 is 0 Å². The summed E-state index contributed by atoms with van der Waals surface area (Å²) in [5, 5.41) is 20.3. The van der Waals surface area contributed by atoms with E-state index in [1.807, 2.05) is 12.1 Å². The van der Waals surface area contributed by atoms with Crippen molar-refractivity contribution in [2.75, 3.05) is 0 Å². The molecule has 0 aliphatic heterocycles. The predicted octanol–water partition coefficient (Wildman–Crippen LogP) is 4.00. The van der Waals surface area contributed by atoms with Gasteiger partial charge < -0.3 is 10.2 Å². The molecule has 2 N–H and O–H groups in total. The van der Waals surface area contributed by atoms with E-state index in [0.717, 1.165) is 25.2 Å². The lowest BCUT2D eigenvalue weighted by Crippen LogP contribution is -2.35. The molecule has 114 valence electrons. The molecule has 4 rings (SSSR count). The van der Waals surface area contributed by atoms with Gasteiger partial charge in [-0.1, -0.05) is 13.0 Å². The minimum atomic E-state index is -0.0949. The van der Waals surface area contributed by atoms with Crippen LogP contribution in [0.15, 0.2) is 18.2 Å². The number of hydrogen-bond donors (Lipinski definition) is 2. The van der Waals surface area contributed by atoms with Gasteiger partial charge in [0.15, 0.2) is 0 Å². The van der Waals surface area contributed by atoms with Crippen LogP contribution in [0.2, 0.25) is 0 Å². The van der Waals surface area contributed by atoms with E-state index in [1.165, 1.54) is 36.8 Å². The maximum Gasteiger partial charge on any atom is 0.115 e. The van der Waals surface area contributed by atoms with Crippen LogP contribution in [0.1, 0.15) is 62.5 Å². The lowest BCUT2D eigenvalue weighted by molar-refractivity contribution is 0.0190. The summed E-state index contributed by atoms with van der Waals surface area (Å²) < 4.78 is 0. The van der Waals surface area contributed by atoms with Crippen LogP contribution in [-0.2, 0) is 6.42 Å². The van der Waals surface area contributed by atoms with Gasteiger partial charge in [-0.25, -0.2) is 0 Å². The Labute approximate surface area is 127 Å². The summed E-state index contributed by atoms with van der Waals surface area (Å²) >= 11 is 0. The van der Waals surface area contributed by atoms with Gasteiger partial charge in [-0.15, -0.1) is 0 Å². The van der Waals surface area contributed by atoms with Crippen molar-refractivity contribution in [2.24, 2.45) is 17.3 Å². The molecule has 0 unspecified atom stereocenters. The summed E-state index contributed by atoms with van der Waals surface area (Å²) in [5.74, 6) is 2.47. The fourth-order valence-electron chi connectivity index (χ4n) is 5.65. The molecule has 2 heteroatoms. The Morgan fingerprint density at radius 3 is 2.86 bits per heavy atom. The number of aliphatic hydroxyl groups is 1. The monoisotopic (exact) mass is 286 g/mol. The zero-order valence-corrected chi connectivity index (χ0v) is 12.9. The quantitative estimate of drug-likeness (QED) is 0.757. The summed E-state index contributed by atoms with van der Waals surface area (Å²) in [5.41, 5.74) is 2.98. The highest BCUT2D eigenvalue weighted by Gasteiger charge is 2.51. The Hall–Kier alpha value is -1.02. The number of rotatable bonds is 0. The predicted molar refractivity (Wildman–Crippen MR) is 83.3 cm³/mol. The Morgan fingerprint density at radius 2 is 2.00 bits per heavy atom. The zero-order chi connectivity index (χ0) is 14.6. The fourth-order valence-corrected chi connectivity index (χ4v) is 5.65. The summed E-state index contributed by atoms with van der Waals surface area (Å²) in [4.78, 5) is 0. The summed E-state index contributed by atoms with van der Waals surface area (Å²) in [6, 6.07) is 5.98. The van der Waals surface area contributed by atoms with Gasteiger partial charge in [0, 0.05) is 0 Å². The standard InChI is InChI=1S/C19H26O2/c1-19-9-8-13-10-14(17(19)6-7-18(19)21)3-2-12-11-15(20)4-5-16(12)13/h4-5,11,13-14,17-18,20-21H,2-3,6-10H2,1H3/t13-,14+,17-,18-,19-/m0/s1. The van der Waals surface area contributed by atoms with Crippen molar-refractivity contribution in [2.45, 2.75) is 63.9 Å². The molecule has 0 spiro atoms. The highest BCUT2D eigenvalue weighted by Crippen LogP contribution is 2.57. The average Bonchev–Trinajstić information content (AvgIpc) is 2.63. The second-order valence-corrected chi connectivity index (χ2v) is 7.86. The first kappa shape index (κ1) is 13.6. The van der Waals surface area contributed by atoms with Crippen LogP contribution >= 0.6 is 0 Å². The number of aromatic hydroxyl groups is 1. The first-order valence-corrected chi connectivity index (χ1v) is 8.58. The van der Waals surface area contributed by atoms with Gasteiger partial charge in [0.1, 0.15) is 5.75 Å². The number of phenols is 1. The van der Waals surface area contributed by atoms with Crippen molar-refractivity contribution >= 4 is 0 Å². The second-order valence-electron chi connectivity index (χ2n) is 7.86. The van der Waals surface area contributed by atoms with Gasteiger partial charge in [-0.05, 0) is 91.4 Å². The fraction of sp³-hybridized carbons (Fsp3) is 0.684. The third-order valence-electron chi connectivity index (χ3n) is 6.90. The Morgan fingerprint density at radius 1 is 1.14 bits per heavy atom. The third kappa shape index (κ3) is 2.03. The topological polar surface area (TPSA) is 40.5 Å². The minimum Gasteiger partial charge on any atom is -0.508 e. The largest absolute Gasteiger partial charge is 0.508 e. The molecule has 0 saturated heterocycles. The number of hydrogen-bond acceptors (Lipinski definition) is 2. The molecule has 0 radical (unpaired) electrons. The SMILES string of the molecule is C[C@]12CC[C@H]3C[C@@H](CCc4cc(O)ccc43)[C@@H]1CC[C@@H]2O. The molecular formula is C19H26O2. The number of aliphatic hydroxyl groups excluding tert-OH is 1. The van der Waals surface area contributed by atoms with Gasteiger partial charge in [-0.3, -0.25) is 0 Å². The van der Waals surface area contributed by atoms with Gasteiger partial charge in [-0.2, -0.15) is 0 Å². The van der Waals surface area contributed by atoms with Gasteiger partial charge in [0.05, 0.1) is 6.10 Å². The van der Waals surface area contributed by atoms with Crippen LogP contribution in [0.4, 0.5) is 0 Å². The van der Waals surface area contributed by atoms with Gasteiger partial charge >= 0.3 is 0 Å². The van der Waals surface area contributed by atoms with Crippen LogP contribution in [-0.4, -0.2) is 16.3 Å². The molecule has 1 aromatic carbocycles. The molecule has 3 aliphatic carbocycles. The summed E-state index contributed by atoms with van der Waals surface area (Å²) in [6.45, 7) is 2.34. The van der Waals surface area contributed by atoms with Crippen molar-refractivity contribution in [3.05, 3.63) is 29.3 Å². The van der Waals surface area contributed by atoms with Crippen LogP contribution in [0, 0.1) is 17.3 Å². The smallest absolute Gasteiger partial charge is 0.115 e. The maximum absolute atomic E-state index is 10.5. The first-order valence-electron chi connectivity index (χ1n) is 8.58. The molecular weight excluding hydrogens is 260 g/mol. The maximum atomic E-state index is 10.5. The van der Waals surface area contributed by atoms with E-state index in [2.05, 4.69) is 13.0 Å². The molecule has 2 nitrogen and oxygen atoms in total. The van der Waals surface area contributed by atoms with E-state index in [0.29, 0.717) is 17.6 Å². The molecule has 2 bridgehead atoms. The van der Waals surface area contributed by atoms with Crippen LogP contribution < -0.4 is 0 Å². The van der Waals surface area contributed by atoms with Crippen molar-refractivity contribution in [1.82, 2.24) is 0 Å². The Balaban J connectivity index is 1.72. The Kier molecular flexibility index (Phi) is 3.08. The summed E-state index contributed by atoms with van der Waals surface area (Å²) in [7, 11) is 0. The van der Waals surface area contributed by atoms with E-state index in [1.54, 1.807) is 0 Å². The van der Waals surface area contributed by atoms with E-state index >= 15 is 0 Å². The molecule has 2 saturated carbocycles. The first-order chi connectivity index (χ1) is 10.1. The van der Waals surface area contributed by atoms with E-state index in [-0.39, 0.29) is 11.5 Å². The van der Waals surface area contributed by atoms with Crippen LogP contribution in [0.5, 0.6) is 5.75 Å². The molecule has 0 aromatic heterocycles. The van der Waals surface area contributed by atoms with Crippen molar-refractivity contribution in [1.29, 1.82) is 0 Å². The van der Waals surface area contributed by atoms with Crippen LogP contribution in [0.25, 0.3) is 0 Å². The lowest BCUT2D eigenvalue weighted by atomic mass is 9.69. The number of fused-ring (bicyclic) bond motifs is 6. The zero-order valence-electron chi connectivity index (χ0n) is 12.9. The van der Waals surface area contributed by atoms with E-state index in [9.17, 15) is 10.2 Å². The minimum absolute atomic E-state index is 0.0949. The van der Waals surface area contributed by atoms with Crippen molar-refractivity contribution in [3.8, 4) is 5.75 Å². The van der Waals surface area contributed by atoms with E-state index in [4.69, 9.17) is 0 Å². The molecule has 5 atom stereocenters. The highest BCUT2D eigenvalue weighted by atomic mass is 16.3. The average molecular weight is 286 g/mol. The number of aryl methyl sites for hydroxylation is 1. The van der Waals surface area contributed by atoms with Crippen LogP contribution in [0.3, 0.4) is 0 Å². The van der Waals surface area contributed by atoms with Crippen molar-refractivity contribution < 1.29 is 10.2 Å². The molecule has 0 heterocycles.